The normalized spacial score (nSPS) is 18.6. The second-order valence-corrected chi connectivity index (χ2v) is 6.95. The first-order chi connectivity index (χ1) is 13.3. The largest absolute Gasteiger partial charge is 0.496 e. The average molecular weight is 376 g/mol. The Morgan fingerprint density at radius 1 is 0.926 bits per heavy atom. The van der Waals surface area contributed by atoms with E-state index in [2.05, 4.69) is 28.6 Å². The SMILES string of the molecule is COc1ccccc1C1=NC(=C2C=CC=CC2)SN1c1ccccc1OC. The van der Waals surface area contributed by atoms with Crippen molar-refractivity contribution in [3.05, 3.63) is 89.0 Å². The fourth-order valence-electron chi connectivity index (χ4n) is 3.05. The Bertz CT molecular complexity index is 976. The number of rotatable bonds is 4. The zero-order valence-electron chi connectivity index (χ0n) is 15.3. The second-order valence-electron chi connectivity index (χ2n) is 6.01. The zero-order chi connectivity index (χ0) is 18.6. The predicted octanol–water partition coefficient (Wildman–Crippen LogP) is 5.35. The number of hydrogen-bond acceptors (Lipinski definition) is 5. The van der Waals surface area contributed by atoms with Crippen LogP contribution in [0.2, 0.25) is 0 Å². The molecule has 0 fully saturated rings. The number of amidine groups is 1. The summed E-state index contributed by atoms with van der Waals surface area (Å²) in [5.74, 6) is 2.44. The van der Waals surface area contributed by atoms with E-state index >= 15 is 0 Å². The van der Waals surface area contributed by atoms with Crippen LogP contribution < -0.4 is 13.8 Å². The van der Waals surface area contributed by atoms with E-state index in [1.165, 1.54) is 5.57 Å². The molecule has 1 aliphatic heterocycles. The highest BCUT2D eigenvalue weighted by Gasteiger charge is 2.30. The third-order valence-electron chi connectivity index (χ3n) is 4.39. The van der Waals surface area contributed by atoms with E-state index in [-0.39, 0.29) is 0 Å². The second kappa shape index (κ2) is 7.76. The molecular formula is C22H20N2O2S. The van der Waals surface area contributed by atoms with Gasteiger partial charge >= 0.3 is 0 Å². The molecule has 0 radical (unpaired) electrons. The van der Waals surface area contributed by atoms with Gasteiger partial charge in [-0.3, -0.25) is 4.31 Å². The van der Waals surface area contributed by atoms with Gasteiger partial charge in [0.1, 0.15) is 16.5 Å². The number of ether oxygens (including phenoxy) is 2. The van der Waals surface area contributed by atoms with Gasteiger partial charge in [-0.2, -0.15) is 0 Å². The first kappa shape index (κ1) is 17.5. The molecule has 0 unspecified atom stereocenters. The summed E-state index contributed by atoms with van der Waals surface area (Å²) in [5, 5.41) is 0.988. The third-order valence-corrected chi connectivity index (χ3v) is 5.47. The minimum Gasteiger partial charge on any atom is -0.496 e. The lowest BCUT2D eigenvalue weighted by Crippen LogP contribution is -2.22. The number of para-hydroxylation sites is 3. The molecule has 0 saturated carbocycles. The number of anilines is 1. The Labute approximate surface area is 163 Å². The van der Waals surface area contributed by atoms with Gasteiger partial charge in [-0.1, -0.05) is 48.6 Å². The Morgan fingerprint density at radius 2 is 1.67 bits per heavy atom. The highest BCUT2D eigenvalue weighted by molar-refractivity contribution is 8.05. The molecule has 0 spiro atoms. The fourth-order valence-corrected chi connectivity index (χ4v) is 4.10. The lowest BCUT2D eigenvalue weighted by molar-refractivity contribution is 0.413. The molecule has 0 saturated heterocycles. The van der Waals surface area contributed by atoms with Gasteiger partial charge in [-0.25, -0.2) is 4.99 Å². The number of benzene rings is 2. The van der Waals surface area contributed by atoms with Gasteiger partial charge in [0.25, 0.3) is 0 Å². The summed E-state index contributed by atoms with van der Waals surface area (Å²) in [6.45, 7) is 0. The smallest absolute Gasteiger partial charge is 0.156 e. The lowest BCUT2D eigenvalue weighted by Gasteiger charge is -2.22. The summed E-state index contributed by atoms with van der Waals surface area (Å²) >= 11 is 1.61. The van der Waals surface area contributed by atoms with Gasteiger partial charge in [0.05, 0.1) is 25.5 Å². The fraction of sp³-hybridized carbons (Fsp3) is 0.136. The van der Waals surface area contributed by atoms with Crippen LogP contribution in [0, 0.1) is 0 Å². The Morgan fingerprint density at radius 3 is 2.41 bits per heavy atom. The molecule has 4 nitrogen and oxygen atoms in total. The molecule has 5 heteroatoms. The molecule has 1 heterocycles. The van der Waals surface area contributed by atoms with Crippen LogP contribution in [-0.4, -0.2) is 20.1 Å². The average Bonchev–Trinajstić information content (AvgIpc) is 3.19. The Kier molecular flexibility index (Phi) is 5.03. The first-order valence-electron chi connectivity index (χ1n) is 8.71. The number of hydrogen-bond donors (Lipinski definition) is 0. The van der Waals surface area contributed by atoms with Crippen molar-refractivity contribution in [2.24, 2.45) is 4.99 Å². The predicted molar refractivity (Wildman–Crippen MR) is 113 cm³/mol. The summed E-state index contributed by atoms with van der Waals surface area (Å²) < 4.78 is 13.3. The van der Waals surface area contributed by atoms with Crippen LogP contribution in [0.5, 0.6) is 11.5 Å². The maximum atomic E-state index is 5.60. The van der Waals surface area contributed by atoms with Crippen LogP contribution in [0.4, 0.5) is 5.69 Å². The maximum absolute atomic E-state index is 5.60. The first-order valence-corrected chi connectivity index (χ1v) is 9.48. The summed E-state index contributed by atoms with van der Waals surface area (Å²) in [4.78, 5) is 4.99. The molecule has 0 N–H and O–H groups in total. The van der Waals surface area contributed by atoms with Crippen molar-refractivity contribution in [3.8, 4) is 11.5 Å². The molecule has 4 rings (SSSR count). The number of methoxy groups -OCH3 is 2. The number of aliphatic imine (C=N–C) groups is 1. The van der Waals surface area contributed by atoms with Crippen LogP contribution in [-0.2, 0) is 0 Å². The van der Waals surface area contributed by atoms with Gasteiger partial charge in [0.2, 0.25) is 0 Å². The zero-order valence-corrected chi connectivity index (χ0v) is 16.1. The molecule has 0 aromatic heterocycles. The minimum absolute atomic E-state index is 0.794. The van der Waals surface area contributed by atoms with Crippen molar-refractivity contribution in [2.45, 2.75) is 6.42 Å². The van der Waals surface area contributed by atoms with Crippen LogP contribution >= 0.6 is 11.9 Å². The minimum atomic E-state index is 0.794. The van der Waals surface area contributed by atoms with Crippen LogP contribution in [0.15, 0.2) is 88.4 Å². The third kappa shape index (κ3) is 3.38. The van der Waals surface area contributed by atoms with E-state index in [0.717, 1.165) is 40.0 Å². The molecule has 0 atom stereocenters. The van der Waals surface area contributed by atoms with Gasteiger partial charge < -0.3 is 9.47 Å². The summed E-state index contributed by atoms with van der Waals surface area (Å²) in [6, 6.07) is 15.9. The maximum Gasteiger partial charge on any atom is 0.156 e. The van der Waals surface area contributed by atoms with Crippen molar-refractivity contribution in [1.82, 2.24) is 0 Å². The summed E-state index contributed by atoms with van der Waals surface area (Å²) in [7, 11) is 3.37. The Hall–Kier alpha value is -2.92. The van der Waals surface area contributed by atoms with E-state index in [1.54, 1.807) is 26.2 Å². The molecule has 0 bridgehead atoms. The van der Waals surface area contributed by atoms with E-state index < -0.39 is 0 Å². The highest BCUT2D eigenvalue weighted by Crippen LogP contribution is 2.44. The number of allylic oxidation sites excluding steroid dienone is 5. The van der Waals surface area contributed by atoms with E-state index in [4.69, 9.17) is 14.5 Å². The molecular weight excluding hydrogens is 356 g/mol. The van der Waals surface area contributed by atoms with Gasteiger partial charge in [0.15, 0.2) is 5.84 Å². The molecule has 2 aromatic carbocycles. The molecule has 2 aromatic rings. The van der Waals surface area contributed by atoms with Crippen LogP contribution in [0.25, 0.3) is 0 Å². The summed E-state index contributed by atoms with van der Waals surface area (Å²) in [5.41, 5.74) is 3.11. The van der Waals surface area contributed by atoms with E-state index in [0.29, 0.717) is 0 Å². The van der Waals surface area contributed by atoms with Crippen molar-refractivity contribution in [3.63, 3.8) is 0 Å². The van der Waals surface area contributed by atoms with Crippen molar-refractivity contribution in [2.75, 3.05) is 18.5 Å². The Balaban J connectivity index is 1.86. The summed E-state index contributed by atoms with van der Waals surface area (Å²) in [6.07, 6.45) is 9.26. The molecule has 1 aliphatic carbocycles. The standard InChI is InChI=1S/C22H20N2O2S/c1-25-19-14-8-6-12-17(19)21-23-22(16-10-4-3-5-11-16)27-24(21)18-13-7-9-15-20(18)26-2/h3-10,12-15H,11H2,1-2H3. The van der Waals surface area contributed by atoms with Crippen molar-refractivity contribution in [1.29, 1.82) is 0 Å². The van der Waals surface area contributed by atoms with Crippen molar-refractivity contribution >= 4 is 23.5 Å². The van der Waals surface area contributed by atoms with Gasteiger partial charge in [-0.05, 0) is 36.3 Å². The lowest BCUT2D eigenvalue weighted by atomic mass is 10.1. The van der Waals surface area contributed by atoms with Crippen molar-refractivity contribution < 1.29 is 9.47 Å². The molecule has 27 heavy (non-hydrogen) atoms. The topological polar surface area (TPSA) is 34.1 Å². The molecule has 0 amide bonds. The van der Waals surface area contributed by atoms with E-state index in [9.17, 15) is 0 Å². The molecule has 136 valence electrons. The highest BCUT2D eigenvalue weighted by atomic mass is 32.2. The van der Waals surface area contributed by atoms with Gasteiger partial charge in [-0.15, -0.1) is 0 Å². The van der Waals surface area contributed by atoms with Crippen LogP contribution in [0.3, 0.4) is 0 Å². The van der Waals surface area contributed by atoms with E-state index in [1.807, 2.05) is 48.5 Å². The quantitative estimate of drug-likeness (QED) is 0.674. The van der Waals surface area contributed by atoms with Crippen LogP contribution in [0.1, 0.15) is 12.0 Å². The molecule has 2 aliphatic rings. The van der Waals surface area contributed by atoms with Gasteiger partial charge in [0, 0.05) is 11.9 Å². The monoisotopic (exact) mass is 376 g/mol. The number of nitrogens with zero attached hydrogens (tertiary/aromatic N) is 2.